The molecule has 0 atom stereocenters. The summed E-state index contributed by atoms with van der Waals surface area (Å²) in [5.74, 6) is 0.705. The van der Waals surface area contributed by atoms with Crippen molar-refractivity contribution in [1.82, 2.24) is 19.7 Å². The molecular formula is C8H8ClN5. The van der Waals surface area contributed by atoms with E-state index < -0.39 is 0 Å². The van der Waals surface area contributed by atoms with Gasteiger partial charge in [0.05, 0.1) is 5.69 Å². The van der Waals surface area contributed by atoms with Crippen LogP contribution in [-0.4, -0.2) is 19.7 Å². The summed E-state index contributed by atoms with van der Waals surface area (Å²) in [6.07, 6.45) is 1.79. The first-order valence-corrected chi connectivity index (χ1v) is 4.35. The van der Waals surface area contributed by atoms with Gasteiger partial charge in [-0.1, -0.05) is 11.6 Å². The Balaban J connectivity index is 2.51. The molecule has 0 aliphatic rings. The van der Waals surface area contributed by atoms with Crippen LogP contribution in [0.1, 0.15) is 5.69 Å². The fraction of sp³-hybridized carbons (Fsp3) is 0.125. The van der Waals surface area contributed by atoms with Crippen LogP contribution in [0.2, 0.25) is 5.15 Å². The molecule has 0 saturated heterocycles. The molecule has 0 radical (unpaired) electrons. The number of anilines is 1. The predicted octanol–water partition coefficient (Wildman–Crippen LogP) is 1.21. The van der Waals surface area contributed by atoms with Crippen molar-refractivity contribution in [2.45, 2.75) is 6.92 Å². The number of nitrogens with zero attached hydrogens (tertiary/aromatic N) is 4. The van der Waals surface area contributed by atoms with Gasteiger partial charge in [-0.05, 0) is 13.0 Å². The van der Waals surface area contributed by atoms with Crippen molar-refractivity contribution in [2.24, 2.45) is 0 Å². The van der Waals surface area contributed by atoms with Gasteiger partial charge in [-0.15, -0.1) is 0 Å². The molecule has 2 heterocycles. The Labute approximate surface area is 85.5 Å². The lowest BCUT2D eigenvalue weighted by Crippen LogP contribution is -2.03. The van der Waals surface area contributed by atoms with E-state index in [2.05, 4.69) is 15.1 Å². The van der Waals surface area contributed by atoms with Crippen molar-refractivity contribution >= 4 is 17.5 Å². The third kappa shape index (κ3) is 1.67. The van der Waals surface area contributed by atoms with E-state index in [1.54, 1.807) is 16.9 Å². The van der Waals surface area contributed by atoms with Crippen LogP contribution in [0.15, 0.2) is 18.3 Å². The molecule has 2 N–H and O–H groups in total. The lowest BCUT2D eigenvalue weighted by molar-refractivity contribution is 0.829. The normalized spacial score (nSPS) is 10.4. The van der Waals surface area contributed by atoms with Crippen molar-refractivity contribution in [2.75, 3.05) is 5.73 Å². The first-order chi connectivity index (χ1) is 6.65. The maximum absolute atomic E-state index is 5.73. The third-order valence-electron chi connectivity index (χ3n) is 1.66. The smallest absolute Gasteiger partial charge is 0.223 e. The van der Waals surface area contributed by atoms with E-state index in [0.717, 1.165) is 5.69 Å². The second kappa shape index (κ2) is 3.26. The highest BCUT2D eigenvalue weighted by molar-refractivity contribution is 6.29. The summed E-state index contributed by atoms with van der Waals surface area (Å²) in [5, 5.41) is 4.48. The van der Waals surface area contributed by atoms with E-state index in [1.807, 2.05) is 13.0 Å². The van der Waals surface area contributed by atoms with Gasteiger partial charge in [-0.3, -0.25) is 0 Å². The zero-order valence-electron chi connectivity index (χ0n) is 7.48. The third-order valence-corrected chi connectivity index (χ3v) is 1.85. The van der Waals surface area contributed by atoms with E-state index in [4.69, 9.17) is 17.3 Å². The van der Waals surface area contributed by atoms with Gasteiger partial charge in [-0.2, -0.15) is 10.1 Å². The number of rotatable bonds is 1. The van der Waals surface area contributed by atoms with Crippen molar-refractivity contribution < 1.29 is 0 Å². The van der Waals surface area contributed by atoms with E-state index in [-0.39, 0.29) is 5.95 Å². The molecule has 5 nitrogen and oxygen atoms in total. The van der Waals surface area contributed by atoms with Gasteiger partial charge in [0.2, 0.25) is 5.95 Å². The van der Waals surface area contributed by atoms with Gasteiger partial charge >= 0.3 is 0 Å². The summed E-state index contributed by atoms with van der Waals surface area (Å²) in [4.78, 5) is 7.76. The summed E-state index contributed by atoms with van der Waals surface area (Å²) in [5.41, 5.74) is 6.36. The number of aryl methyl sites for hydroxylation is 1. The fourth-order valence-corrected chi connectivity index (χ4v) is 1.27. The second-order valence-corrected chi connectivity index (χ2v) is 3.20. The van der Waals surface area contributed by atoms with Crippen LogP contribution in [0.3, 0.4) is 0 Å². The van der Waals surface area contributed by atoms with Crippen molar-refractivity contribution in [3.63, 3.8) is 0 Å². The Bertz CT molecular complexity index is 444. The zero-order chi connectivity index (χ0) is 10.1. The summed E-state index contributed by atoms with van der Waals surface area (Å²) < 4.78 is 1.60. The minimum Gasteiger partial charge on any atom is -0.368 e. The Hall–Kier alpha value is -1.62. The molecule has 0 unspecified atom stereocenters. The van der Waals surface area contributed by atoms with Gasteiger partial charge in [0.15, 0.2) is 5.82 Å². The average molecular weight is 210 g/mol. The monoisotopic (exact) mass is 209 g/mol. The van der Waals surface area contributed by atoms with E-state index in [1.165, 1.54) is 0 Å². The quantitative estimate of drug-likeness (QED) is 0.717. The Kier molecular flexibility index (Phi) is 2.09. The maximum Gasteiger partial charge on any atom is 0.223 e. The van der Waals surface area contributed by atoms with Crippen molar-refractivity contribution in [1.29, 1.82) is 0 Å². The second-order valence-electron chi connectivity index (χ2n) is 2.81. The molecule has 2 aromatic heterocycles. The van der Waals surface area contributed by atoms with Crippen molar-refractivity contribution in [3.8, 4) is 5.82 Å². The number of nitrogen functional groups attached to an aromatic ring is 1. The molecule has 0 amide bonds. The van der Waals surface area contributed by atoms with Crippen LogP contribution in [0.25, 0.3) is 5.82 Å². The summed E-state index contributed by atoms with van der Waals surface area (Å²) in [6, 6.07) is 3.47. The molecule has 6 heteroatoms. The number of halogens is 1. The lowest BCUT2D eigenvalue weighted by atomic mass is 10.5. The van der Waals surface area contributed by atoms with Crippen LogP contribution in [0.5, 0.6) is 0 Å². The van der Waals surface area contributed by atoms with Gasteiger partial charge < -0.3 is 5.73 Å². The van der Waals surface area contributed by atoms with E-state index in [9.17, 15) is 0 Å². The number of nitrogens with two attached hydrogens (primary N) is 1. The van der Waals surface area contributed by atoms with Crippen LogP contribution in [-0.2, 0) is 0 Å². The molecule has 14 heavy (non-hydrogen) atoms. The van der Waals surface area contributed by atoms with Gasteiger partial charge in [0, 0.05) is 12.3 Å². The van der Waals surface area contributed by atoms with E-state index >= 15 is 0 Å². The van der Waals surface area contributed by atoms with E-state index in [0.29, 0.717) is 11.0 Å². The SMILES string of the molecule is Cc1ccn(-c2cc(Cl)nc(N)n2)n1. The highest BCUT2D eigenvalue weighted by Gasteiger charge is 2.03. The Morgan fingerprint density at radius 2 is 2.21 bits per heavy atom. The van der Waals surface area contributed by atoms with Gasteiger partial charge in [0.1, 0.15) is 5.15 Å². The summed E-state index contributed by atoms with van der Waals surface area (Å²) in [7, 11) is 0. The first-order valence-electron chi connectivity index (χ1n) is 3.98. The van der Waals surface area contributed by atoms with Crippen LogP contribution in [0, 0.1) is 6.92 Å². The number of hydrogen-bond acceptors (Lipinski definition) is 4. The molecule has 2 aromatic rings. The van der Waals surface area contributed by atoms with Crippen LogP contribution >= 0.6 is 11.6 Å². The summed E-state index contributed by atoms with van der Waals surface area (Å²) >= 11 is 5.73. The highest BCUT2D eigenvalue weighted by Crippen LogP contribution is 2.11. The summed E-state index contributed by atoms with van der Waals surface area (Å²) in [6.45, 7) is 1.89. The molecule has 0 aliphatic carbocycles. The molecule has 0 saturated carbocycles. The van der Waals surface area contributed by atoms with Crippen LogP contribution in [0.4, 0.5) is 5.95 Å². The zero-order valence-corrected chi connectivity index (χ0v) is 8.23. The Morgan fingerprint density at radius 3 is 2.79 bits per heavy atom. The lowest BCUT2D eigenvalue weighted by Gasteiger charge is -2.01. The molecular weight excluding hydrogens is 202 g/mol. The van der Waals surface area contributed by atoms with Crippen molar-refractivity contribution in [3.05, 3.63) is 29.2 Å². The molecule has 0 spiro atoms. The highest BCUT2D eigenvalue weighted by atomic mass is 35.5. The first kappa shape index (κ1) is 8.96. The standard InChI is InChI=1S/C8H8ClN5/c1-5-2-3-14(13-5)7-4-6(9)11-8(10)12-7/h2-4H,1H3,(H2,10,11,12). The fourth-order valence-electron chi connectivity index (χ4n) is 1.08. The minimum absolute atomic E-state index is 0.139. The molecule has 72 valence electrons. The predicted molar refractivity (Wildman–Crippen MR) is 53.3 cm³/mol. The Morgan fingerprint density at radius 1 is 1.43 bits per heavy atom. The van der Waals surface area contributed by atoms with Gasteiger partial charge in [0.25, 0.3) is 0 Å². The molecule has 2 rings (SSSR count). The minimum atomic E-state index is 0.139. The van der Waals surface area contributed by atoms with Crippen LogP contribution < -0.4 is 5.73 Å². The molecule has 0 aliphatic heterocycles. The molecule has 0 fully saturated rings. The molecule has 0 aromatic carbocycles. The number of hydrogen-bond donors (Lipinski definition) is 1. The van der Waals surface area contributed by atoms with Gasteiger partial charge in [-0.25, -0.2) is 9.67 Å². The number of aromatic nitrogens is 4. The molecule has 0 bridgehead atoms. The largest absolute Gasteiger partial charge is 0.368 e. The topological polar surface area (TPSA) is 69.6 Å². The average Bonchev–Trinajstić information content (AvgIpc) is 2.50. The maximum atomic E-state index is 5.73.